The summed E-state index contributed by atoms with van der Waals surface area (Å²) >= 11 is 0. The molecule has 122 valence electrons. The van der Waals surface area contributed by atoms with Crippen molar-refractivity contribution in [1.29, 1.82) is 0 Å². The van der Waals surface area contributed by atoms with Gasteiger partial charge in [-0.1, -0.05) is 58.6 Å². The molecule has 1 N–H and O–H groups in total. The fourth-order valence-corrected chi connectivity index (χ4v) is 1.35. The zero-order chi connectivity index (χ0) is 16.7. The van der Waals surface area contributed by atoms with Crippen LogP contribution in [0.4, 0.5) is 0 Å². The first-order chi connectivity index (χ1) is 9.82. The van der Waals surface area contributed by atoms with Crippen LogP contribution in [-0.2, 0) is 14.3 Å². The second kappa shape index (κ2) is 14.8. The molecule has 21 heavy (non-hydrogen) atoms. The van der Waals surface area contributed by atoms with Gasteiger partial charge in [0.25, 0.3) is 0 Å². The normalized spacial score (nSPS) is 9.29. The third kappa shape index (κ3) is 18.4. The number of unbranched alkanes of at least 4 members (excludes halogenated alkanes) is 6. The topological polar surface area (TPSA) is 63.6 Å². The minimum absolute atomic E-state index is 0.176. The Kier molecular flexibility index (Phi) is 15.3. The van der Waals surface area contributed by atoms with Gasteiger partial charge in [-0.15, -0.1) is 0 Å². The molecule has 4 nitrogen and oxygen atoms in total. The molecular formula is C17H30O4. The SMILES string of the molecule is C=C(C)C(=O)O.C=C(C)C(=O)OCCCCCCCCC. The Bertz CT molecular complexity index is 320. The summed E-state index contributed by atoms with van der Waals surface area (Å²) in [6.07, 6.45) is 8.66. The largest absolute Gasteiger partial charge is 0.478 e. The third-order valence-corrected chi connectivity index (χ3v) is 2.69. The van der Waals surface area contributed by atoms with Gasteiger partial charge in [-0.05, 0) is 20.3 Å². The van der Waals surface area contributed by atoms with E-state index in [4.69, 9.17) is 9.84 Å². The van der Waals surface area contributed by atoms with Crippen molar-refractivity contribution < 1.29 is 19.4 Å². The Morgan fingerprint density at radius 1 is 0.905 bits per heavy atom. The van der Waals surface area contributed by atoms with Crippen molar-refractivity contribution in [3.8, 4) is 0 Å². The molecule has 0 saturated carbocycles. The van der Waals surface area contributed by atoms with Crippen LogP contribution in [0, 0.1) is 0 Å². The van der Waals surface area contributed by atoms with Gasteiger partial charge >= 0.3 is 11.9 Å². The minimum atomic E-state index is -0.935. The number of carbonyl (C=O) groups is 2. The molecule has 0 fully saturated rings. The van der Waals surface area contributed by atoms with E-state index in [0.717, 1.165) is 12.8 Å². The number of aliphatic carboxylic acids is 1. The first-order valence-electron chi connectivity index (χ1n) is 7.54. The predicted molar refractivity (Wildman–Crippen MR) is 86.2 cm³/mol. The summed E-state index contributed by atoms with van der Waals surface area (Å²) in [5.74, 6) is -1.20. The molecule has 0 bridgehead atoms. The quantitative estimate of drug-likeness (QED) is 0.366. The Hall–Kier alpha value is -1.58. The standard InChI is InChI=1S/C13H24O2.C4H6O2/c1-4-5-6-7-8-9-10-11-15-13(14)12(2)3;1-3(2)4(5)6/h2,4-11H2,1,3H3;1H2,2H3,(H,5,6). The van der Waals surface area contributed by atoms with Gasteiger partial charge in [-0.3, -0.25) is 0 Å². The van der Waals surface area contributed by atoms with Crippen molar-refractivity contribution in [2.75, 3.05) is 6.61 Å². The average molecular weight is 298 g/mol. The van der Waals surface area contributed by atoms with Crippen LogP contribution in [0.15, 0.2) is 24.3 Å². The van der Waals surface area contributed by atoms with E-state index in [1.807, 2.05) is 0 Å². The van der Waals surface area contributed by atoms with E-state index >= 15 is 0 Å². The maximum atomic E-state index is 11.0. The van der Waals surface area contributed by atoms with Crippen LogP contribution < -0.4 is 0 Å². The van der Waals surface area contributed by atoms with E-state index in [0.29, 0.717) is 12.2 Å². The Morgan fingerprint density at radius 3 is 1.71 bits per heavy atom. The summed E-state index contributed by atoms with van der Waals surface area (Å²) in [4.78, 5) is 20.6. The van der Waals surface area contributed by atoms with Crippen molar-refractivity contribution in [2.24, 2.45) is 0 Å². The maximum Gasteiger partial charge on any atom is 0.333 e. The summed E-state index contributed by atoms with van der Waals surface area (Å²) in [6, 6.07) is 0. The molecule has 0 aliphatic carbocycles. The molecule has 0 heterocycles. The van der Waals surface area contributed by atoms with Crippen LogP contribution in [0.5, 0.6) is 0 Å². The molecule has 0 atom stereocenters. The summed E-state index contributed by atoms with van der Waals surface area (Å²) in [5.41, 5.74) is 0.660. The first-order valence-corrected chi connectivity index (χ1v) is 7.54. The molecule has 0 radical (unpaired) electrons. The van der Waals surface area contributed by atoms with Crippen LogP contribution in [-0.4, -0.2) is 23.7 Å². The number of rotatable bonds is 10. The van der Waals surface area contributed by atoms with E-state index in [-0.39, 0.29) is 11.5 Å². The van der Waals surface area contributed by atoms with E-state index in [1.165, 1.54) is 39.0 Å². The summed E-state index contributed by atoms with van der Waals surface area (Å²) < 4.78 is 4.99. The lowest BCUT2D eigenvalue weighted by Crippen LogP contribution is -2.05. The molecule has 0 spiro atoms. The van der Waals surface area contributed by atoms with Crippen LogP contribution in [0.2, 0.25) is 0 Å². The second-order valence-corrected chi connectivity index (χ2v) is 5.12. The number of hydrogen-bond donors (Lipinski definition) is 1. The monoisotopic (exact) mass is 298 g/mol. The van der Waals surface area contributed by atoms with E-state index in [2.05, 4.69) is 20.1 Å². The highest BCUT2D eigenvalue weighted by molar-refractivity contribution is 5.86. The van der Waals surface area contributed by atoms with Crippen LogP contribution in [0.1, 0.15) is 65.7 Å². The molecule has 0 amide bonds. The summed E-state index contributed by atoms with van der Waals surface area (Å²) in [6.45, 7) is 12.6. The molecule has 4 heteroatoms. The highest BCUT2D eigenvalue weighted by Crippen LogP contribution is 2.07. The number of carbonyl (C=O) groups excluding carboxylic acids is 1. The molecule has 0 aliphatic rings. The van der Waals surface area contributed by atoms with Crippen molar-refractivity contribution in [1.82, 2.24) is 0 Å². The number of carboxylic acid groups (broad SMARTS) is 1. The van der Waals surface area contributed by atoms with Crippen LogP contribution >= 0.6 is 0 Å². The van der Waals surface area contributed by atoms with Crippen molar-refractivity contribution in [3.63, 3.8) is 0 Å². The Balaban J connectivity index is 0. The molecular weight excluding hydrogens is 268 g/mol. The van der Waals surface area contributed by atoms with E-state index in [9.17, 15) is 9.59 Å². The lowest BCUT2D eigenvalue weighted by molar-refractivity contribution is -0.139. The van der Waals surface area contributed by atoms with Crippen molar-refractivity contribution >= 4 is 11.9 Å². The average Bonchev–Trinajstić information content (AvgIpc) is 2.41. The minimum Gasteiger partial charge on any atom is -0.478 e. The molecule has 0 aromatic carbocycles. The molecule has 0 aliphatic heterocycles. The fraction of sp³-hybridized carbons (Fsp3) is 0.647. The molecule has 0 rings (SSSR count). The van der Waals surface area contributed by atoms with Gasteiger partial charge < -0.3 is 9.84 Å². The van der Waals surface area contributed by atoms with Gasteiger partial charge in [-0.25, -0.2) is 9.59 Å². The Morgan fingerprint density at radius 2 is 1.33 bits per heavy atom. The summed E-state index contributed by atoms with van der Waals surface area (Å²) in [5, 5.41) is 7.89. The maximum absolute atomic E-state index is 11.0. The lowest BCUT2D eigenvalue weighted by atomic mass is 10.1. The van der Waals surface area contributed by atoms with Gasteiger partial charge in [0.1, 0.15) is 0 Å². The second-order valence-electron chi connectivity index (χ2n) is 5.12. The van der Waals surface area contributed by atoms with Gasteiger partial charge in [0, 0.05) is 11.1 Å². The number of esters is 1. The number of carboxylic acids is 1. The van der Waals surface area contributed by atoms with Gasteiger partial charge in [0.15, 0.2) is 0 Å². The smallest absolute Gasteiger partial charge is 0.333 e. The van der Waals surface area contributed by atoms with E-state index in [1.54, 1.807) is 6.92 Å². The molecule has 0 aromatic rings. The third-order valence-electron chi connectivity index (χ3n) is 2.69. The zero-order valence-electron chi connectivity index (χ0n) is 13.7. The fourth-order valence-electron chi connectivity index (χ4n) is 1.35. The molecule has 0 aromatic heterocycles. The van der Waals surface area contributed by atoms with Gasteiger partial charge in [0.05, 0.1) is 6.61 Å². The van der Waals surface area contributed by atoms with Crippen LogP contribution in [0.3, 0.4) is 0 Å². The predicted octanol–water partition coefficient (Wildman–Crippen LogP) is 4.50. The first kappa shape index (κ1) is 21.7. The zero-order valence-corrected chi connectivity index (χ0v) is 13.7. The van der Waals surface area contributed by atoms with Crippen molar-refractivity contribution in [2.45, 2.75) is 65.7 Å². The van der Waals surface area contributed by atoms with E-state index < -0.39 is 5.97 Å². The molecule has 0 saturated heterocycles. The van der Waals surface area contributed by atoms with Gasteiger partial charge in [-0.2, -0.15) is 0 Å². The van der Waals surface area contributed by atoms with Crippen LogP contribution in [0.25, 0.3) is 0 Å². The number of ether oxygens (including phenoxy) is 1. The summed E-state index contributed by atoms with van der Waals surface area (Å²) in [7, 11) is 0. The van der Waals surface area contributed by atoms with Gasteiger partial charge in [0.2, 0.25) is 0 Å². The number of hydrogen-bond acceptors (Lipinski definition) is 3. The highest BCUT2D eigenvalue weighted by atomic mass is 16.5. The Labute approximate surface area is 128 Å². The lowest BCUT2D eigenvalue weighted by Gasteiger charge is -2.04. The molecule has 0 unspecified atom stereocenters. The van der Waals surface area contributed by atoms with Crippen molar-refractivity contribution in [3.05, 3.63) is 24.3 Å². The highest BCUT2D eigenvalue weighted by Gasteiger charge is 2.01.